The normalized spacial score (nSPS) is 13.0. The molecule has 2 aromatic rings. The van der Waals surface area contributed by atoms with E-state index in [-0.39, 0.29) is 12.4 Å². The van der Waals surface area contributed by atoms with Crippen LogP contribution in [-0.2, 0) is 13.6 Å². The van der Waals surface area contributed by atoms with E-state index >= 15 is 0 Å². The molecule has 2 N–H and O–H groups in total. The first-order valence-corrected chi connectivity index (χ1v) is 8.04. The van der Waals surface area contributed by atoms with Crippen molar-refractivity contribution in [2.75, 3.05) is 20.1 Å². The van der Waals surface area contributed by atoms with Crippen LogP contribution < -0.4 is 5.32 Å². The van der Waals surface area contributed by atoms with Crippen LogP contribution in [0.2, 0.25) is 0 Å². The van der Waals surface area contributed by atoms with Crippen molar-refractivity contribution in [1.82, 2.24) is 14.8 Å². The molecule has 130 valence electrons. The number of aromatic nitrogens is 1. The van der Waals surface area contributed by atoms with Crippen LogP contribution in [0.1, 0.15) is 24.3 Å². The number of aliphatic imine (C=N–C) groups is 1. The van der Waals surface area contributed by atoms with Crippen molar-refractivity contribution in [2.45, 2.75) is 19.6 Å². The van der Waals surface area contributed by atoms with Crippen molar-refractivity contribution in [1.29, 1.82) is 0 Å². The Morgan fingerprint density at radius 2 is 2.04 bits per heavy atom. The zero-order chi connectivity index (χ0) is 17.5. The van der Waals surface area contributed by atoms with Gasteiger partial charge in [0.2, 0.25) is 0 Å². The maximum Gasteiger partial charge on any atom is 0.194 e. The van der Waals surface area contributed by atoms with E-state index in [1.165, 1.54) is 17.8 Å². The van der Waals surface area contributed by atoms with Gasteiger partial charge in [-0.1, -0.05) is 12.1 Å². The van der Waals surface area contributed by atoms with Crippen LogP contribution in [0.5, 0.6) is 0 Å². The van der Waals surface area contributed by atoms with Gasteiger partial charge in [0.1, 0.15) is 5.82 Å². The summed E-state index contributed by atoms with van der Waals surface area (Å²) in [5.74, 6) is 0.407. The van der Waals surface area contributed by atoms with E-state index in [0.29, 0.717) is 12.1 Å². The van der Waals surface area contributed by atoms with Crippen molar-refractivity contribution < 1.29 is 9.50 Å². The predicted molar refractivity (Wildman–Crippen MR) is 94.2 cm³/mol. The van der Waals surface area contributed by atoms with Crippen molar-refractivity contribution in [2.24, 2.45) is 12.0 Å². The first-order chi connectivity index (χ1) is 11.5. The quantitative estimate of drug-likeness (QED) is 0.630. The van der Waals surface area contributed by atoms with Gasteiger partial charge in [-0.15, -0.1) is 0 Å². The molecule has 0 aliphatic rings. The summed E-state index contributed by atoms with van der Waals surface area (Å²) in [5.41, 5.74) is 1.82. The third kappa shape index (κ3) is 4.83. The summed E-state index contributed by atoms with van der Waals surface area (Å²) in [6.07, 6.45) is 1.24. The highest BCUT2D eigenvalue weighted by Gasteiger charge is 2.11. The predicted octanol–water partition coefficient (Wildman–Crippen LogP) is 2.30. The molecule has 6 heteroatoms. The molecule has 0 bridgehead atoms. The molecule has 0 radical (unpaired) electrons. The second-order valence-electron chi connectivity index (χ2n) is 5.73. The highest BCUT2D eigenvalue weighted by molar-refractivity contribution is 5.79. The van der Waals surface area contributed by atoms with Crippen LogP contribution >= 0.6 is 0 Å². The second-order valence-corrected chi connectivity index (χ2v) is 5.73. The van der Waals surface area contributed by atoms with Crippen molar-refractivity contribution >= 4 is 5.96 Å². The number of halogens is 1. The number of aliphatic hydroxyl groups is 1. The van der Waals surface area contributed by atoms with Gasteiger partial charge in [-0.3, -0.25) is 4.99 Å². The Hall–Kier alpha value is -2.34. The molecular formula is C18H25FN4O. The Balaban J connectivity index is 2.03. The number of aliphatic hydroxyl groups excluding tert-OH is 1. The lowest BCUT2D eigenvalue weighted by molar-refractivity contribution is 0.186. The van der Waals surface area contributed by atoms with E-state index in [2.05, 4.69) is 20.9 Å². The zero-order valence-corrected chi connectivity index (χ0v) is 14.4. The lowest BCUT2D eigenvalue weighted by atomic mass is 10.1. The molecule has 1 aromatic heterocycles. The standard InChI is InChI=1S/C18H25FN4O/c1-4-20-18(23(3)13-16-6-5-11-22(16)2)21-12-17(24)14-7-9-15(19)10-8-14/h5-11,17,24H,4,12-13H2,1-3H3,(H,20,21). The smallest absolute Gasteiger partial charge is 0.194 e. The fraction of sp³-hybridized carbons (Fsp3) is 0.389. The summed E-state index contributed by atoms with van der Waals surface area (Å²) >= 11 is 0. The summed E-state index contributed by atoms with van der Waals surface area (Å²) in [7, 11) is 3.96. The third-order valence-corrected chi connectivity index (χ3v) is 3.82. The van der Waals surface area contributed by atoms with Gasteiger partial charge in [0, 0.05) is 32.5 Å². The largest absolute Gasteiger partial charge is 0.386 e. The highest BCUT2D eigenvalue weighted by atomic mass is 19.1. The summed E-state index contributed by atoms with van der Waals surface area (Å²) < 4.78 is 15.0. The van der Waals surface area contributed by atoms with Crippen LogP contribution in [0, 0.1) is 5.82 Å². The van der Waals surface area contributed by atoms with Crippen LogP contribution in [0.25, 0.3) is 0 Å². The Kier molecular flexibility index (Phi) is 6.37. The number of guanidine groups is 1. The molecular weight excluding hydrogens is 307 g/mol. The summed E-state index contributed by atoms with van der Waals surface area (Å²) in [6.45, 7) is 3.67. The monoisotopic (exact) mass is 332 g/mol. The molecule has 1 heterocycles. The lowest BCUT2D eigenvalue weighted by Crippen LogP contribution is -2.39. The minimum Gasteiger partial charge on any atom is -0.386 e. The average Bonchev–Trinajstić information content (AvgIpc) is 2.96. The van der Waals surface area contributed by atoms with Gasteiger partial charge in [0.15, 0.2) is 5.96 Å². The third-order valence-electron chi connectivity index (χ3n) is 3.82. The first kappa shape index (κ1) is 18.0. The van der Waals surface area contributed by atoms with E-state index in [4.69, 9.17) is 0 Å². The van der Waals surface area contributed by atoms with Gasteiger partial charge in [-0.25, -0.2) is 4.39 Å². The minimum atomic E-state index is -0.761. The molecule has 0 saturated heterocycles. The maximum absolute atomic E-state index is 13.0. The maximum atomic E-state index is 13.0. The number of rotatable bonds is 6. The topological polar surface area (TPSA) is 52.8 Å². The first-order valence-electron chi connectivity index (χ1n) is 8.04. The molecule has 0 spiro atoms. The number of benzene rings is 1. The average molecular weight is 332 g/mol. The van der Waals surface area contributed by atoms with E-state index in [0.717, 1.165) is 12.5 Å². The number of nitrogens with one attached hydrogen (secondary N) is 1. The van der Waals surface area contributed by atoms with E-state index in [9.17, 15) is 9.50 Å². The Labute approximate surface area is 142 Å². The number of nitrogens with zero attached hydrogens (tertiary/aromatic N) is 3. The van der Waals surface area contributed by atoms with E-state index in [1.54, 1.807) is 12.1 Å². The molecule has 1 atom stereocenters. The molecule has 24 heavy (non-hydrogen) atoms. The summed E-state index contributed by atoms with van der Waals surface area (Å²) in [6, 6.07) is 9.91. The fourth-order valence-electron chi connectivity index (χ4n) is 2.41. The van der Waals surface area contributed by atoms with Crippen molar-refractivity contribution in [3.63, 3.8) is 0 Å². The number of aryl methyl sites for hydroxylation is 1. The van der Waals surface area contributed by atoms with Crippen molar-refractivity contribution in [3.05, 3.63) is 59.7 Å². The molecule has 2 rings (SSSR count). The lowest BCUT2D eigenvalue weighted by Gasteiger charge is -2.23. The van der Waals surface area contributed by atoms with Gasteiger partial charge >= 0.3 is 0 Å². The van der Waals surface area contributed by atoms with Gasteiger partial charge in [0.25, 0.3) is 0 Å². The molecule has 1 unspecified atom stereocenters. The molecule has 0 aliphatic carbocycles. The van der Waals surface area contributed by atoms with Crippen LogP contribution in [-0.4, -0.2) is 40.7 Å². The number of hydrogen-bond acceptors (Lipinski definition) is 2. The fourth-order valence-corrected chi connectivity index (χ4v) is 2.41. The summed E-state index contributed by atoms with van der Waals surface area (Å²) in [5, 5.41) is 13.5. The van der Waals surface area contributed by atoms with Gasteiger partial charge in [-0.05, 0) is 36.8 Å². The zero-order valence-electron chi connectivity index (χ0n) is 14.4. The Morgan fingerprint density at radius 3 is 2.62 bits per heavy atom. The van der Waals surface area contributed by atoms with E-state index < -0.39 is 6.10 Å². The van der Waals surface area contributed by atoms with Gasteiger partial charge in [-0.2, -0.15) is 0 Å². The highest BCUT2D eigenvalue weighted by Crippen LogP contribution is 2.14. The summed E-state index contributed by atoms with van der Waals surface area (Å²) in [4.78, 5) is 6.51. The molecule has 0 saturated carbocycles. The molecule has 1 aromatic carbocycles. The number of hydrogen-bond donors (Lipinski definition) is 2. The minimum absolute atomic E-state index is 0.214. The Bertz CT molecular complexity index is 666. The van der Waals surface area contributed by atoms with E-state index in [1.807, 2.05) is 38.2 Å². The molecule has 5 nitrogen and oxygen atoms in total. The van der Waals surface area contributed by atoms with Gasteiger partial charge in [0.05, 0.1) is 19.2 Å². The molecule has 0 amide bonds. The molecule has 0 fully saturated rings. The Morgan fingerprint density at radius 1 is 1.33 bits per heavy atom. The second kappa shape index (κ2) is 8.49. The SMILES string of the molecule is CCNC(=NCC(O)c1ccc(F)cc1)N(C)Cc1cccn1C. The van der Waals surface area contributed by atoms with Gasteiger partial charge < -0.3 is 19.9 Å². The van der Waals surface area contributed by atoms with Crippen molar-refractivity contribution in [3.8, 4) is 0 Å². The molecule has 0 aliphatic heterocycles. The van der Waals surface area contributed by atoms with Crippen LogP contribution in [0.15, 0.2) is 47.6 Å². The van der Waals surface area contributed by atoms with Crippen LogP contribution in [0.3, 0.4) is 0 Å². The van der Waals surface area contributed by atoms with Crippen LogP contribution in [0.4, 0.5) is 4.39 Å².